The summed E-state index contributed by atoms with van der Waals surface area (Å²) in [5.41, 5.74) is 4.62. The second kappa shape index (κ2) is 6.07. The van der Waals surface area contributed by atoms with Gasteiger partial charge in [-0.15, -0.1) is 0 Å². The number of hydrogen-bond acceptors (Lipinski definition) is 2. The first-order valence-corrected chi connectivity index (χ1v) is 8.55. The molecule has 4 rings (SSSR count). The summed E-state index contributed by atoms with van der Waals surface area (Å²) in [6.07, 6.45) is 4.38. The van der Waals surface area contributed by atoms with Crippen molar-refractivity contribution in [1.29, 1.82) is 0 Å². The lowest BCUT2D eigenvalue weighted by atomic mass is 10.0. The van der Waals surface area contributed by atoms with E-state index in [1.54, 1.807) is 0 Å². The Bertz CT molecular complexity index is 719. The molecule has 118 valence electrons. The molecule has 0 saturated carbocycles. The van der Waals surface area contributed by atoms with Crippen LogP contribution in [-0.2, 0) is 11.2 Å². The van der Waals surface area contributed by atoms with Gasteiger partial charge in [0.15, 0.2) is 0 Å². The number of carbonyl (C=O) groups excluding carboxylic acids is 1. The van der Waals surface area contributed by atoms with E-state index in [4.69, 9.17) is 0 Å². The summed E-state index contributed by atoms with van der Waals surface area (Å²) < 4.78 is 0. The fourth-order valence-corrected chi connectivity index (χ4v) is 3.86. The molecular weight excluding hydrogens is 284 g/mol. The van der Waals surface area contributed by atoms with E-state index < -0.39 is 0 Å². The van der Waals surface area contributed by atoms with Crippen LogP contribution in [0, 0.1) is 0 Å². The van der Waals surface area contributed by atoms with Crippen LogP contribution in [0.1, 0.15) is 36.3 Å². The van der Waals surface area contributed by atoms with Gasteiger partial charge in [-0.1, -0.05) is 36.4 Å². The van der Waals surface area contributed by atoms with Crippen LogP contribution in [0.25, 0.3) is 0 Å². The molecule has 1 unspecified atom stereocenters. The maximum absolute atomic E-state index is 12.8. The van der Waals surface area contributed by atoms with E-state index in [1.807, 2.05) is 24.3 Å². The maximum atomic E-state index is 12.8. The van der Waals surface area contributed by atoms with Crippen LogP contribution in [0.15, 0.2) is 48.5 Å². The van der Waals surface area contributed by atoms with Crippen LogP contribution < -0.4 is 10.2 Å². The molecule has 2 aromatic carbocycles. The number of carbonyl (C=O) groups is 1. The quantitative estimate of drug-likeness (QED) is 0.931. The van der Waals surface area contributed by atoms with E-state index in [9.17, 15) is 4.79 Å². The number of amides is 1. The summed E-state index contributed by atoms with van der Waals surface area (Å²) in [7, 11) is 0. The summed E-state index contributed by atoms with van der Waals surface area (Å²) in [4.78, 5) is 15.2. The minimum absolute atomic E-state index is 0.0159. The molecule has 0 bridgehead atoms. The van der Waals surface area contributed by atoms with Crippen molar-refractivity contribution in [2.75, 3.05) is 23.3 Å². The van der Waals surface area contributed by atoms with Gasteiger partial charge in [-0.3, -0.25) is 4.79 Å². The van der Waals surface area contributed by atoms with Gasteiger partial charge < -0.3 is 10.2 Å². The van der Waals surface area contributed by atoms with E-state index >= 15 is 0 Å². The number of fused-ring (bicyclic) bond motifs is 1. The molecule has 3 heteroatoms. The third-order valence-corrected chi connectivity index (χ3v) is 5.06. The highest BCUT2D eigenvalue weighted by Crippen LogP contribution is 2.35. The standard InChI is InChI=1S/C20H22N2O/c23-20(17-12-11-15-7-1-2-8-16(15)17)21-18-9-3-4-10-19(18)22-13-5-6-14-22/h1-4,7-10,17H,5-6,11-14H2,(H,21,23). The summed E-state index contributed by atoms with van der Waals surface area (Å²) >= 11 is 0. The molecule has 0 aromatic heterocycles. The predicted octanol–water partition coefficient (Wildman–Crippen LogP) is 3.96. The molecule has 2 aliphatic rings. The predicted molar refractivity (Wildman–Crippen MR) is 94.0 cm³/mol. The molecule has 1 atom stereocenters. The summed E-state index contributed by atoms with van der Waals surface area (Å²) in [5.74, 6) is 0.111. The van der Waals surface area contributed by atoms with Crippen molar-refractivity contribution in [3.05, 3.63) is 59.7 Å². The summed E-state index contributed by atoms with van der Waals surface area (Å²) in [6, 6.07) is 16.5. The topological polar surface area (TPSA) is 32.3 Å². The average Bonchev–Trinajstić information content (AvgIpc) is 3.25. The minimum Gasteiger partial charge on any atom is -0.370 e. The highest BCUT2D eigenvalue weighted by molar-refractivity contribution is 5.99. The number of nitrogens with zero attached hydrogens (tertiary/aromatic N) is 1. The maximum Gasteiger partial charge on any atom is 0.231 e. The second-order valence-electron chi connectivity index (χ2n) is 6.49. The van der Waals surface area contributed by atoms with Gasteiger partial charge in [0.25, 0.3) is 0 Å². The average molecular weight is 306 g/mol. The zero-order chi connectivity index (χ0) is 15.6. The lowest BCUT2D eigenvalue weighted by molar-refractivity contribution is -0.117. The third-order valence-electron chi connectivity index (χ3n) is 5.06. The van der Waals surface area contributed by atoms with Crippen molar-refractivity contribution in [1.82, 2.24) is 0 Å². The van der Waals surface area contributed by atoms with Crippen molar-refractivity contribution in [3.63, 3.8) is 0 Å². The minimum atomic E-state index is -0.0159. The highest BCUT2D eigenvalue weighted by Gasteiger charge is 2.28. The Morgan fingerprint density at radius 3 is 2.61 bits per heavy atom. The second-order valence-corrected chi connectivity index (χ2v) is 6.49. The number of rotatable bonds is 3. The van der Waals surface area contributed by atoms with Crippen LogP contribution >= 0.6 is 0 Å². The zero-order valence-corrected chi connectivity index (χ0v) is 13.3. The molecule has 1 heterocycles. The molecule has 0 radical (unpaired) electrons. The van der Waals surface area contributed by atoms with E-state index in [-0.39, 0.29) is 11.8 Å². The first-order valence-electron chi connectivity index (χ1n) is 8.55. The van der Waals surface area contributed by atoms with Crippen molar-refractivity contribution in [2.45, 2.75) is 31.6 Å². The Morgan fingerprint density at radius 2 is 1.74 bits per heavy atom. The van der Waals surface area contributed by atoms with Crippen LogP contribution in [0.2, 0.25) is 0 Å². The monoisotopic (exact) mass is 306 g/mol. The first kappa shape index (κ1) is 14.3. The van der Waals surface area contributed by atoms with E-state index in [2.05, 4.69) is 34.5 Å². The SMILES string of the molecule is O=C(Nc1ccccc1N1CCCC1)C1CCc2ccccc21. The lowest BCUT2D eigenvalue weighted by Gasteiger charge is -2.22. The number of para-hydroxylation sites is 2. The molecular formula is C20H22N2O. The number of anilines is 2. The smallest absolute Gasteiger partial charge is 0.231 e. The van der Waals surface area contributed by atoms with Gasteiger partial charge in [-0.2, -0.15) is 0 Å². The Hall–Kier alpha value is -2.29. The Morgan fingerprint density at radius 1 is 1.00 bits per heavy atom. The molecule has 0 spiro atoms. The molecule has 1 amide bonds. The van der Waals surface area contributed by atoms with Crippen LogP contribution in [-0.4, -0.2) is 19.0 Å². The van der Waals surface area contributed by atoms with Crippen molar-refractivity contribution >= 4 is 17.3 Å². The van der Waals surface area contributed by atoms with Crippen molar-refractivity contribution in [2.24, 2.45) is 0 Å². The Labute approximate surface area is 137 Å². The Balaban J connectivity index is 1.56. The van der Waals surface area contributed by atoms with Gasteiger partial charge in [0.05, 0.1) is 17.3 Å². The number of hydrogen-bond donors (Lipinski definition) is 1. The molecule has 1 saturated heterocycles. The third kappa shape index (κ3) is 2.72. The van der Waals surface area contributed by atoms with Crippen molar-refractivity contribution < 1.29 is 4.79 Å². The normalized spacial score (nSPS) is 19.7. The van der Waals surface area contributed by atoms with E-state index in [1.165, 1.54) is 24.0 Å². The van der Waals surface area contributed by atoms with E-state index in [0.29, 0.717) is 0 Å². The van der Waals surface area contributed by atoms with Gasteiger partial charge in [-0.25, -0.2) is 0 Å². The van der Waals surface area contributed by atoms with Crippen LogP contribution in [0.3, 0.4) is 0 Å². The number of nitrogens with one attached hydrogen (secondary N) is 1. The largest absolute Gasteiger partial charge is 0.370 e. The van der Waals surface area contributed by atoms with Crippen LogP contribution in [0.5, 0.6) is 0 Å². The van der Waals surface area contributed by atoms with Crippen LogP contribution in [0.4, 0.5) is 11.4 Å². The molecule has 1 N–H and O–H groups in total. The Kier molecular flexibility index (Phi) is 3.78. The van der Waals surface area contributed by atoms with Gasteiger partial charge in [0, 0.05) is 13.1 Å². The lowest BCUT2D eigenvalue weighted by Crippen LogP contribution is -2.23. The molecule has 1 aliphatic heterocycles. The van der Waals surface area contributed by atoms with Gasteiger partial charge in [0.2, 0.25) is 5.91 Å². The zero-order valence-electron chi connectivity index (χ0n) is 13.3. The fraction of sp³-hybridized carbons (Fsp3) is 0.350. The van der Waals surface area contributed by atoms with E-state index in [0.717, 1.165) is 37.3 Å². The fourth-order valence-electron chi connectivity index (χ4n) is 3.86. The van der Waals surface area contributed by atoms with Crippen molar-refractivity contribution in [3.8, 4) is 0 Å². The molecule has 1 fully saturated rings. The molecule has 1 aliphatic carbocycles. The molecule has 3 nitrogen and oxygen atoms in total. The van der Waals surface area contributed by atoms with Gasteiger partial charge in [0.1, 0.15) is 0 Å². The highest BCUT2D eigenvalue weighted by atomic mass is 16.1. The summed E-state index contributed by atoms with van der Waals surface area (Å²) in [6.45, 7) is 2.16. The number of benzene rings is 2. The molecule has 2 aromatic rings. The summed E-state index contributed by atoms with van der Waals surface area (Å²) in [5, 5.41) is 3.19. The van der Waals surface area contributed by atoms with Gasteiger partial charge >= 0.3 is 0 Å². The molecule has 23 heavy (non-hydrogen) atoms. The number of aryl methyl sites for hydroxylation is 1. The van der Waals surface area contributed by atoms with Gasteiger partial charge in [-0.05, 0) is 48.9 Å². The first-order chi connectivity index (χ1) is 11.3.